The van der Waals surface area contributed by atoms with Crippen LogP contribution < -0.4 is 5.32 Å². The third-order valence-electron chi connectivity index (χ3n) is 5.13. The molecule has 2 N–H and O–H groups in total. The van der Waals surface area contributed by atoms with Gasteiger partial charge < -0.3 is 15.2 Å². The average molecular weight is 279 g/mol. The second kappa shape index (κ2) is 5.20. The van der Waals surface area contributed by atoms with Gasteiger partial charge in [0.2, 0.25) is 5.91 Å². The maximum atomic E-state index is 12.5. The lowest BCUT2D eigenvalue weighted by atomic mass is 9.82. The van der Waals surface area contributed by atoms with Crippen molar-refractivity contribution in [1.29, 1.82) is 0 Å². The molecule has 0 aromatic carbocycles. The molecule has 2 bridgehead atoms. The molecule has 0 radical (unpaired) electrons. The topological polar surface area (TPSA) is 75.6 Å². The number of fused-ring (bicyclic) bond motifs is 2. The van der Waals surface area contributed by atoms with Gasteiger partial charge in [-0.2, -0.15) is 0 Å². The van der Waals surface area contributed by atoms with Crippen molar-refractivity contribution >= 4 is 11.9 Å². The number of allylic oxidation sites excluding steroid dienone is 2. The zero-order valence-corrected chi connectivity index (χ0v) is 11.6. The van der Waals surface area contributed by atoms with E-state index in [-0.39, 0.29) is 29.9 Å². The van der Waals surface area contributed by atoms with Crippen LogP contribution in [-0.4, -0.2) is 36.2 Å². The third-order valence-corrected chi connectivity index (χ3v) is 5.13. The number of carboxylic acids is 1. The molecule has 0 saturated heterocycles. The van der Waals surface area contributed by atoms with Crippen molar-refractivity contribution in [2.24, 2.45) is 23.7 Å². The van der Waals surface area contributed by atoms with Gasteiger partial charge >= 0.3 is 5.97 Å². The van der Waals surface area contributed by atoms with E-state index in [1.165, 1.54) is 0 Å². The minimum Gasteiger partial charge on any atom is -0.481 e. The normalized spacial score (nSPS) is 42.0. The quantitative estimate of drug-likeness (QED) is 0.758. The largest absolute Gasteiger partial charge is 0.481 e. The molecule has 4 unspecified atom stereocenters. The van der Waals surface area contributed by atoms with Crippen LogP contribution in [-0.2, 0) is 14.3 Å². The number of carboxylic acid groups (broad SMARTS) is 1. The molecule has 5 heteroatoms. The summed E-state index contributed by atoms with van der Waals surface area (Å²) in [6.07, 6.45) is 7.75. The molecule has 0 aromatic rings. The monoisotopic (exact) mass is 279 g/mol. The van der Waals surface area contributed by atoms with Gasteiger partial charge in [0.1, 0.15) is 0 Å². The number of rotatable bonds is 4. The van der Waals surface area contributed by atoms with Gasteiger partial charge in [0.25, 0.3) is 0 Å². The number of carbonyl (C=O) groups excluding carboxylic acids is 1. The summed E-state index contributed by atoms with van der Waals surface area (Å²) in [5.74, 6) is -1.83. The van der Waals surface area contributed by atoms with Crippen LogP contribution >= 0.6 is 0 Å². The Labute approximate surface area is 118 Å². The van der Waals surface area contributed by atoms with Crippen molar-refractivity contribution < 1.29 is 19.4 Å². The summed E-state index contributed by atoms with van der Waals surface area (Å²) in [5.41, 5.74) is 0. The number of ether oxygens (including phenoxy) is 1. The van der Waals surface area contributed by atoms with Gasteiger partial charge in [-0.25, -0.2) is 0 Å². The number of methoxy groups -OCH3 is 1. The van der Waals surface area contributed by atoms with Crippen LogP contribution in [0.4, 0.5) is 0 Å². The van der Waals surface area contributed by atoms with Crippen molar-refractivity contribution in [2.45, 2.75) is 37.8 Å². The summed E-state index contributed by atoms with van der Waals surface area (Å²) in [7, 11) is 1.66. The van der Waals surface area contributed by atoms with Crippen molar-refractivity contribution in [3.63, 3.8) is 0 Å². The van der Waals surface area contributed by atoms with Crippen LogP contribution in [0.5, 0.6) is 0 Å². The Kier molecular flexibility index (Phi) is 3.54. The fourth-order valence-electron chi connectivity index (χ4n) is 4.17. The Balaban J connectivity index is 1.70. The maximum absolute atomic E-state index is 12.5. The van der Waals surface area contributed by atoms with E-state index in [0.29, 0.717) is 0 Å². The molecule has 3 aliphatic rings. The summed E-state index contributed by atoms with van der Waals surface area (Å²) in [4.78, 5) is 23.9. The maximum Gasteiger partial charge on any atom is 0.307 e. The predicted molar refractivity (Wildman–Crippen MR) is 71.9 cm³/mol. The molecule has 6 atom stereocenters. The zero-order chi connectivity index (χ0) is 14.3. The number of aliphatic carboxylic acids is 1. The van der Waals surface area contributed by atoms with E-state index >= 15 is 0 Å². The fraction of sp³-hybridized carbons (Fsp3) is 0.733. The van der Waals surface area contributed by atoms with Crippen LogP contribution in [0.25, 0.3) is 0 Å². The van der Waals surface area contributed by atoms with E-state index in [1.807, 2.05) is 12.2 Å². The third kappa shape index (κ3) is 2.14. The number of carbonyl (C=O) groups is 2. The second-order valence-electron chi connectivity index (χ2n) is 6.16. The highest BCUT2D eigenvalue weighted by atomic mass is 16.5. The Morgan fingerprint density at radius 1 is 1.20 bits per heavy atom. The van der Waals surface area contributed by atoms with Gasteiger partial charge in [-0.05, 0) is 37.5 Å². The smallest absolute Gasteiger partial charge is 0.307 e. The highest BCUT2D eigenvalue weighted by Crippen LogP contribution is 2.48. The van der Waals surface area contributed by atoms with Crippen molar-refractivity contribution in [3.05, 3.63) is 12.2 Å². The molecule has 1 amide bonds. The predicted octanol–water partition coefficient (Wildman–Crippen LogP) is 1.19. The lowest BCUT2D eigenvalue weighted by Gasteiger charge is -2.27. The van der Waals surface area contributed by atoms with Crippen LogP contribution in [0.3, 0.4) is 0 Å². The zero-order valence-electron chi connectivity index (χ0n) is 11.6. The molecule has 20 heavy (non-hydrogen) atoms. The molecular formula is C15H21NO4. The summed E-state index contributed by atoms with van der Waals surface area (Å²) in [5, 5.41) is 12.4. The summed E-state index contributed by atoms with van der Waals surface area (Å²) >= 11 is 0. The Hall–Kier alpha value is -1.36. The van der Waals surface area contributed by atoms with E-state index in [0.717, 1.165) is 25.7 Å². The van der Waals surface area contributed by atoms with E-state index in [1.54, 1.807) is 7.11 Å². The van der Waals surface area contributed by atoms with Gasteiger partial charge in [-0.1, -0.05) is 12.2 Å². The number of nitrogens with one attached hydrogen (secondary N) is 1. The van der Waals surface area contributed by atoms with E-state index in [2.05, 4.69) is 5.32 Å². The van der Waals surface area contributed by atoms with Gasteiger partial charge in [-0.3, -0.25) is 9.59 Å². The van der Waals surface area contributed by atoms with E-state index in [9.17, 15) is 14.7 Å². The Bertz CT molecular complexity index is 447. The fourth-order valence-corrected chi connectivity index (χ4v) is 4.17. The lowest BCUT2D eigenvalue weighted by Crippen LogP contribution is -2.47. The lowest BCUT2D eigenvalue weighted by molar-refractivity contribution is -0.148. The minimum absolute atomic E-state index is 0.0232. The van der Waals surface area contributed by atoms with E-state index < -0.39 is 17.8 Å². The first-order valence-corrected chi connectivity index (χ1v) is 7.36. The Morgan fingerprint density at radius 2 is 1.90 bits per heavy atom. The number of hydrogen-bond acceptors (Lipinski definition) is 3. The average Bonchev–Trinajstić information content (AvgIpc) is 3.12. The molecule has 0 heterocycles. The minimum atomic E-state index is -0.850. The van der Waals surface area contributed by atoms with Crippen molar-refractivity contribution in [1.82, 2.24) is 5.32 Å². The van der Waals surface area contributed by atoms with Gasteiger partial charge in [0.05, 0.1) is 24.0 Å². The molecule has 2 saturated carbocycles. The van der Waals surface area contributed by atoms with Crippen LogP contribution in [0.1, 0.15) is 25.7 Å². The number of amides is 1. The summed E-state index contributed by atoms with van der Waals surface area (Å²) < 4.78 is 5.38. The van der Waals surface area contributed by atoms with Gasteiger partial charge in [0, 0.05) is 7.11 Å². The van der Waals surface area contributed by atoms with Crippen LogP contribution in [0.2, 0.25) is 0 Å². The molecule has 3 rings (SSSR count). The molecule has 0 spiro atoms. The highest BCUT2D eigenvalue weighted by Gasteiger charge is 2.52. The first-order valence-electron chi connectivity index (χ1n) is 7.36. The molecule has 5 nitrogen and oxygen atoms in total. The molecule has 0 aromatic heterocycles. The van der Waals surface area contributed by atoms with Crippen LogP contribution in [0.15, 0.2) is 12.2 Å². The van der Waals surface area contributed by atoms with Gasteiger partial charge in [0.15, 0.2) is 0 Å². The van der Waals surface area contributed by atoms with Crippen molar-refractivity contribution in [3.8, 4) is 0 Å². The van der Waals surface area contributed by atoms with Gasteiger partial charge in [-0.15, -0.1) is 0 Å². The second-order valence-corrected chi connectivity index (χ2v) is 6.16. The first-order chi connectivity index (χ1) is 9.61. The molecule has 3 aliphatic carbocycles. The molecule has 0 aliphatic heterocycles. The highest BCUT2D eigenvalue weighted by molar-refractivity contribution is 5.87. The Morgan fingerprint density at radius 3 is 2.55 bits per heavy atom. The summed E-state index contributed by atoms with van der Waals surface area (Å²) in [6, 6.07) is 0.0325. The van der Waals surface area contributed by atoms with E-state index in [4.69, 9.17) is 4.74 Å². The van der Waals surface area contributed by atoms with Crippen molar-refractivity contribution in [2.75, 3.05) is 7.11 Å². The molecule has 2 fully saturated rings. The SMILES string of the molecule is COC1CCCC1NC(=O)[C@H]1C2C=CC(C2)[C@H]1C(=O)O. The summed E-state index contributed by atoms with van der Waals surface area (Å²) in [6.45, 7) is 0. The molecule has 110 valence electrons. The standard InChI is InChI=1S/C15H21NO4/c1-20-11-4-2-3-10(11)16-14(17)12-8-5-6-9(7-8)13(12)15(18)19/h5-6,8-13H,2-4,7H2,1H3,(H,16,17)(H,18,19)/t8?,9?,10?,11?,12-,13+/m0/s1. The molecular weight excluding hydrogens is 258 g/mol. The first kappa shape index (κ1) is 13.6. The number of hydrogen-bond donors (Lipinski definition) is 2. The van der Waals surface area contributed by atoms with Crippen LogP contribution in [0, 0.1) is 23.7 Å².